The summed E-state index contributed by atoms with van der Waals surface area (Å²) in [5, 5.41) is 10.0. The Balaban J connectivity index is -0.000000400. The van der Waals surface area contributed by atoms with Crippen LogP contribution < -0.4 is 14.5 Å². The summed E-state index contributed by atoms with van der Waals surface area (Å²) in [6, 6.07) is 0. The summed E-state index contributed by atoms with van der Waals surface area (Å²) in [7, 11) is 0. The van der Waals surface area contributed by atoms with Crippen molar-refractivity contribution in [1.82, 2.24) is 0 Å². The molecule has 2 rings (SSSR count). The molecule has 0 radical (unpaired) electrons. The average Bonchev–Trinajstić information content (AvgIpc) is 2.66. The molecule has 2 nitrogen and oxygen atoms in total. The van der Waals surface area contributed by atoms with Gasteiger partial charge in [-0.1, -0.05) is 33.1 Å². The fourth-order valence-electron chi connectivity index (χ4n) is 2.19. The molecular weight excluding hydrogens is 417 g/mol. The Bertz CT molecular complexity index is 742. The summed E-state index contributed by atoms with van der Waals surface area (Å²) in [5.74, 6) is -14.4. The summed E-state index contributed by atoms with van der Waals surface area (Å²) in [4.78, 5) is 10.0. The SMILES string of the molecule is CC1=[C-]C(C)(C)C(C)=C1C.O=C([O-])c1c(F)c(F)c(F)c(F)c1F.[F-].[F-].[Ti+4]. The number of benzene rings is 1. The predicted octanol–water partition coefficient (Wildman–Crippen LogP) is -2.14. The van der Waals surface area contributed by atoms with Gasteiger partial charge in [0.25, 0.3) is 0 Å². The maximum Gasteiger partial charge on any atom is 4.00 e. The molecule has 0 saturated heterocycles. The van der Waals surface area contributed by atoms with Gasteiger partial charge in [0.2, 0.25) is 5.82 Å². The van der Waals surface area contributed by atoms with E-state index < -0.39 is 40.6 Å². The number of hydrogen-bond donors (Lipinski definition) is 0. The van der Waals surface area contributed by atoms with Crippen LogP contribution in [0.2, 0.25) is 0 Å². The second-order valence-electron chi connectivity index (χ2n) is 5.86. The van der Waals surface area contributed by atoms with Crippen LogP contribution in [0.4, 0.5) is 22.0 Å². The molecular formula is C17H15F7O2Ti. The van der Waals surface area contributed by atoms with Gasteiger partial charge in [-0.05, 0) is 0 Å². The number of halogens is 7. The number of carbonyl (C=O) groups excluding carboxylic acids is 1. The van der Waals surface area contributed by atoms with Crippen molar-refractivity contribution >= 4 is 5.97 Å². The van der Waals surface area contributed by atoms with Crippen LogP contribution >= 0.6 is 0 Å². The zero-order chi connectivity index (χ0) is 19.0. The van der Waals surface area contributed by atoms with Crippen LogP contribution in [-0.2, 0) is 21.7 Å². The fraction of sp³-hybridized carbons (Fsp3) is 0.353. The summed E-state index contributed by atoms with van der Waals surface area (Å²) in [6.07, 6.45) is 3.44. The first kappa shape index (κ1) is 30.1. The molecule has 0 aliphatic heterocycles. The Morgan fingerprint density at radius 1 is 0.852 bits per heavy atom. The zero-order valence-corrected chi connectivity index (χ0v) is 16.5. The predicted molar refractivity (Wildman–Crippen MR) is 75.1 cm³/mol. The van der Waals surface area contributed by atoms with E-state index in [1.165, 1.54) is 16.7 Å². The molecule has 1 aliphatic carbocycles. The molecule has 27 heavy (non-hydrogen) atoms. The zero-order valence-electron chi connectivity index (χ0n) is 15.0. The van der Waals surface area contributed by atoms with Crippen molar-refractivity contribution in [2.75, 3.05) is 0 Å². The van der Waals surface area contributed by atoms with Crippen LogP contribution in [-0.4, -0.2) is 5.97 Å². The Labute approximate surface area is 166 Å². The van der Waals surface area contributed by atoms with Crippen molar-refractivity contribution in [3.05, 3.63) is 57.4 Å². The molecule has 0 spiro atoms. The van der Waals surface area contributed by atoms with Gasteiger partial charge in [-0.15, -0.1) is 6.92 Å². The first-order valence-electron chi connectivity index (χ1n) is 6.85. The monoisotopic (exact) mass is 432 g/mol. The molecule has 0 unspecified atom stereocenters. The first-order valence-corrected chi connectivity index (χ1v) is 6.85. The minimum atomic E-state index is -2.47. The Kier molecular flexibility index (Phi) is 11.9. The van der Waals surface area contributed by atoms with E-state index >= 15 is 0 Å². The Morgan fingerprint density at radius 2 is 1.19 bits per heavy atom. The van der Waals surface area contributed by atoms with E-state index in [4.69, 9.17) is 0 Å². The van der Waals surface area contributed by atoms with Gasteiger partial charge in [0.05, 0.1) is 11.5 Å². The quantitative estimate of drug-likeness (QED) is 0.167. The maximum atomic E-state index is 12.5. The normalized spacial score (nSPS) is 14.1. The molecule has 0 heterocycles. The Morgan fingerprint density at radius 3 is 1.37 bits per heavy atom. The van der Waals surface area contributed by atoms with Crippen LogP contribution in [0.15, 0.2) is 16.7 Å². The van der Waals surface area contributed by atoms with E-state index in [-0.39, 0.29) is 36.5 Å². The summed E-state index contributed by atoms with van der Waals surface area (Å²) < 4.78 is 62.0. The molecule has 0 N–H and O–H groups in total. The molecule has 0 atom stereocenters. The largest absolute Gasteiger partial charge is 4.00 e. The Hall–Kier alpha value is -1.61. The molecule has 1 aromatic rings. The molecule has 1 aliphatic rings. The van der Waals surface area contributed by atoms with Gasteiger partial charge >= 0.3 is 21.7 Å². The molecule has 148 valence electrons. The standard InChI is InChI=1S/C10H15.C7HF5O2.2FH.Ti/c1-7-6-10(4,5)9(3)8(7)2;8-2-1(7(13)14)3(9)5(11)6(12)4(2)10;;;/h1-5H3;(H,13,14);2*1H;/q-1;;;;+4/p-3. The molecule has 0 amide bonds. The summed E-state index contributed by atoms with van der Waals surface area (Å²) >= 11 is 0. The number of hydrogen-bond acceptors (Lipinski definition) is 2. The van der Waals surface area contributed by atoms with Crippen LogP contribution in [0.3, 0.4) is 0 Å². The minimum absolute atomic E-state index is 0. The molecule has 0 fully saturated rings. The molecule has 0 bridgehead atoms. The number of rotatable bonds is 1. The second-order valence-corrected chi connectivity index (χ2v) is 5.86. The molecule has 0 aromatic heterocycles. The van der Waals surface area contributed by atoms with Crippen molar-refractivity contribution in [1.29, 1.82) is 0 Å². The molecule has 0 saturated carbocycles. The topological polar surface area (TPSA) is 40.1 Å². The van der Waals surface area contributed by atoms with Crippen LogP contribution in [0.25, 0.3) is 0 Å². The van der Waals surface area contributed by atoms with E-state index in [0.29, 0.717) is 0 Å². The van der Waals surface area contributed by atoms with Gasteiger partial charge in [-0.2, -0.15) is 11.1 Å². The first-order chi connectivity index (χ1) is 10.8. The number of carbonyl (C=O) groups is 1. The van der Waals surface area contributed by atoms with Crippen molar-refractivity contribution < 1.29 is 63.0 Å². The summed E-state index contributed by atoms with van der Waals surface area (Å²) in [6.45, 7) is 10.9. The van der Waals surface area contributed by atoms with Gasteiger partial charge in [0.15, 0.2) is 23.3 Å². The third kappa shape index (κ3) is 5.94. The van der Waals surface area contributed by atoms with Crippen molar-refractivity contribution in [2.45, 2.75) is 34.6 Å². The third-order valence-corrected chi connectivity index (χ3v) is 3.98. The van der Waals surface area contributed by atoms with Crippen molar-refractivity contribution in [2.24, 2.45) is 5.41 Å². The van der Waals surface area contributed by atoms with Crippen molar-refractivity contribution in [3.8, 4) is 0 Å². The average molecular weight is 432 g/mol. The van der Waals surface area contributed by atoms with Gasteiger partial charge in [-0.25, -0.2) is 27.5 Å². The number of aromatic carboxylic acids is 1. The van der Waals surface area contributed by atoms with Gasteiger partial charge in [0, 0.05) is 0 Å². The fourth-order valence-corrected chi connectivity index (χ4v) is 2.19. The molecule has 1 aromatic carbocycles. The van der Waals surface area contributed by atoms with E-state index in [0.717, 1.165) is 0 Å². The maximum absolute atomic E-state index is 12.5. The van der Waals surface area contributed by atoms with Crippen LogP contribution in [0.1, 0.15) is 45.0 Å². The van der Waals surface area contributed by atoms with E-state index in [2.05, 4.69) is 40.7 Å². The van der Waals surface area contributed by atoms with Crippen LogP contribution in [0, 0.1) is 40.6 Å². The number of carboxylic acids is 1. The second kappa shape index (κ2) is 10.7. The van der Waals surface area contributed by atoms with Gasteiger partial charge < -0.3 is 19.3 Å². The van der Waals surface area contributed by atoms with E-state index in [1.807, 2.05) is 0 Å². The van der Waals surface area contributed by atoms with Crippen LogP contribution in [0.5, 0.6) is 0 Å². The van der Waals surface area contributed by atoms with E-state index in [9.17, 15) is 31.9 Å². The minimum Gasteiger partial charge on any atom is -1.00 e. The molecule has 10 heteroatoms. The third-order valence-electron chi connectivity index (χ3n) is 3.98. The van der Waals surface area contributed by atoms with Crippen molar-refractivity contribution in [3.63, 3.8) is 0 Å². The van der Waals surface area contributed by atoms with E-state index in [1.54, 1.807) is 0 Å². The number of allylic oxidation sites excluding steroid dienone is 4. The van der Waals surface area contributed by atoms with Gasteiger partial charge in [0.1, 0.15) is 0 Å². The smallest absolute Gasteiger partial charge is 1.00 e. The summed E-state index contributed by atoms with van der Waals surface area (Å²) in [5.41, 5.74) is 2.42. The number of carboxylic acid groups (broad SMARTS) is 1. The van der Waals surface area contributed by atoms with Gasteiger partial charge in [-0.3, -0.25) is 6.08 Å².